The summed E-state index contributed by atoms with van der Waals surface area (Å²) in [5, 5.41) is 7.64. The second-order valence-corrected chi connectivity index (χ2v) is 4.83. The van der Waals surface area contributed by atoms with Crippen molar-refractivity contribution in [2.75, 3.05) is 26.2 Å². The Morgan fingerprint density at radius 2 is 2.11 bits per heavy atom. The standard InChI is InChI=1S/C14H19N5/c1-2-4-13(5-3-1)14-10-15-6-7-18(14)8-9-19-12-16-11-17-19/h1-5,11-12,14-15H,6-10H2. The summed E-state index contributed by atoms with van der Waals surface area (Å²) in [6.45, 7) is 5.05. The summed E-state index contributed by atoms with van der Waals surface area (Å²) in [5.41, 5.74) is 1.38. The van der Waals surface area contributed by atoms with E-state index in [4.69, 9.17) is 0 Å². The molecule has 1 aliphatic rings. The summed E-state index contributed by atoms with van der Waals surface area (Å²) in [6.07, 6.45) is 3.37. The van der Waals surface area contributed by atoms with Crippen LogP contribution in [0.1, 0.15) is 11.6 Å². The molecule has 1 aromatic carbocycles. The highest BCUT2D eigenvalue weighted by molar-refractivity contribution is 5.20. The maximum absolute atomic E-state index is 4.16. The van der Waals surface area contributed by atoms with E-state index in [1.807, 2.05) is 4.68 Å². The summed E-state index contributed by atoms with van der Waals surface area (Å²) in [4.78, 5) is 6.51. The molecule has 1 N–H and O–H groups in total. The van der Waals surface area contributed by atoms with Crippen molar-refractivity contribution in [3.63, 3.8) is 0 Å². The van der Waals surface area contributed by atoms with Crippen LogP contribution in [0.3, 0.4) is 0 Å². The Morgan fingerprint density at radius 1 is 1.21 bits per heavy atom. The highest BCUT2D eigenvalue weighted by Gasteiger charge is 2.23. The Balaban J connectivity index is 1.67. The molecule has 0 bridgehead atoms. The second-order valence-electron chi connectivity index (χ2n) is 4.83. The normalized spacial score (nSPS) is 20.5. The van der Waals surface area contributed by atoms with E-state index in [2.05, 4.69) is 50.6 Å². The van der Waals surface area contributed by atoms with Gasteiger partial charge in [0, 0.05) is 32.2 Å². The number of piperazine rings is 1. The Morgan fingerprint density at radius 3 is 2.89 bits per heavy atom. The van der Waals surface area contributed by atoms with Gasteiger partial charge < -0.3 is 5.32 Å². The minimum atomic E-state index is 0.457. The molecule has 2 aromatic rings. The zero-order valence-electron chi connectivity index (χ0n) is 10.9. The summed E-state index contributed by atoms with van der Waals surface area (Å²) in [6, 6.07) is 11.2. The van der Waals surface area contributed by atoms with Gasteiger partial charge in [0.05, 0.1) is 6.54 Å². The van der Waals surface area contributed by atoms with Crippen LogP contribution >= 0.6 is 0 Å². The van der Waals surface area contributed by atoms with E-state index in [1.165, 1.54) is 5.56 Å². The lowest BCUT2D eigenvalue weighted by Crippen LogP contribution is -2.47. The first-order chi connectivity index (χ1) is 9.43. The molecule has 0 radical (unpaired) electrons. The van der Waals surface area contributed by atoms with Gasteiger partial charge in [0.2, 0.25) is 0 Å². The number of hydrogen-bond donors (Lipinski definition) is 1. The maximum Gasteiger partial charge on any atom is 0.137 e. The molecule has 1 atom stereocenters. The predicted molar refractivity (Wildman–Crippen MR) is 73.6 cm³/mol. The maximum atomic E-state index is 4.16. The third-order valence-corrected chi connectivity index (χ3v) is 3.62. The van der Waals surface area contributed by atoms with E-state index >= 15 is 0 Å². The highest BCUT2D eigenvalue weighted by atomic mass is 15.3. The van der Waals surface area contributed by atoms with E-state index in [-0.39, 0.29) is 0 Å². The van der Waals surface area contributed by atoms with Crippen molar-refractivity contribution in [1.29, 1.82) is 0 Å². The predicted octanol–water partition coefficient (Wildman–Crippen LogP) is 0.925. The van der Waals surface area contributed by atoms with E-state index in [9.17, 15) is 0 Å². The first-order valence-electron chi connectivity index (χ1n) is 6.75. The molecular formula is C14H19N5. The molecule has 0 amide bonds. The van der Waals surface area contributed by atoms with Crippen LogP contribution in [-0.2, 0) is 6.54 Å². The fraction of sp³-hybridized carbons (Fsp3) is 0.429. The smallest absolute Gasteiger partial charge is 0.137 e. The third-order valence-electron chi connectivity index (χ3n) is 3.62. The molecule has 3 rings (SSSR count). The number of benzene rings is 1. The van der Waals surface area contributed by atoms with Gasteiger partial charge in [-0.3, -0.25) is 9.58 Å². The second kappa shape index (κ2) is 5.95. The lowest BCUT2D eigenvalue weighted by Gasteiger charge is -2.36. The molecule has 1 aliphatic heterocycles. The van der Waals surface area contributed by atoms with Gasteiger partial charge in [0.1, 0.15) is 12.7 Å². The van der Waals surface area contributed by atoms with Crippen LogP contribution < -0.4 is 5.32 Å². The van der Waals surface area contributed by atoms with Gasteiger partial charge in [0.25, 0.3) is 0 Å². The molecule has 1 aromatic heterocycles. The first-order valence-corrected chi connectivity index (χ1v) is 6.75. The molecule has 1 fully saturated rings. The van der Waals surface area contributed by atoms with Crippen molar-refractivity contribution in [3.05, 3.63) is 48.5 Å². The molecule has 0 saturated carbocycles. The van der Waals surface area contributed by atoms with E-state index in [1.54, 1.807) is 12.7 Å². The average Bonchev–Trinajstić information content (AvgIpc) is 3.00. The lowest BCUT2D eigenvalue weighted by atomic mass is 10.0. The molecule has 19 heavy (non-hydrogen) atoms. The zero-order valence-corrected chi connectivity index (χ0v) is 10.9. The molecular weight excluding hydrogens is 238 g/mol. The quantitative estimate of drug-likeness (QED) is 0.885. The molecule has 0 spiro atoms. The fourth-order valence-electron chi connectivity index (χ4n) is 2.60. The monoisotopic (exact) mass is 257 g/mol. The van der Waals surface area contributed by atoms with Gasteiger partial charge in [0.15, 0.2) is 0 Å². The van der Waals surface area contributed by atoms with Gasteiger partial charge in [-0.25, -0.2) is 4.98 Å². The summed E-state index contributed by atoms with van der Waals surface area (Å²) in [5.74, 6) is 0. The van der Waals surface area contributed by atoms with Crippen molar-refractivity contribution in [1.82, 2.24) is 25.0 Å². The van der Waals surface area contributed by atoms with Crippen molar-refractivity contribution < 1.29 is 0 Å². The first kappa shape index (κ1) is 12.3. The Labute approximate surface area is 113 Å². The van der Waals surface area contributed by atoms with Gasteiger partial charge in [-0.05, 0) is 5.56 Å². The SMILES string of the molecule is c1ccc(C2CNCCN2CCn2cncn2)cc1. The Bertz CT molecular complexity index is 482. The van der Waals surface area contributed by atoms with Crippen LogP contribution in [0.5, 0.6) is 0 Å². The lowest BCUT2D eigenvalue weighted by molar-refractivity contribution is 0.154. The molecule has 2 heterocycles. The van der Waals surface area contributed by atoms with Gasteiger partial charge in [-0.1, -0.05) is 30.3 Å². The van der Waals surface area contributed by atoms with Crippen LogP contribution in [0, 0.1) is 0 Å². The van der Waals surface area contributed by atoms with E-state index in [0.717, 1.165) is 32.7 Å². The van der Waals surface area contributed by atoms with Gasteiger partial charge in [-0.15, -0.1) is 0 Å². The topological polar surface area (TPSA) is 46.0 Å². The zero-order chi connectivity index (χ0) is 12.9. The number of aromatic nitrogens is 3. The van der Waals surface area contributed by atoms with Crippen LogP contribution in [0.15, 0.2) is 43.0 Å². The number of nitrogens with zero attached hydrogens (tertiary/aromatic N) is 4. The van der Waals surface area contributed by atoms with Crippen LogP contribution in [0.2, 0.25) is 0 Å². The minimum absolute atomic E-state index is 0.457. The Kier molecular flexibility index (Phi) is 3.86. The molecule has 1 unspecified atom stereocenters. The summed E-state index contributed by atoms with van der Waals surface area (Å²) < 4.78 is 1.89. The van der Waals surface area contributed by atoms with Crippen molar-refractivity contribution >= 4 is 0 Å². The summed E-state index contributed by atoms with van der Waals surface area (Å²) >= 11 is 0. The number of hydrogen-bond acceptors (Lipinski definition) is 4. The van der Waals surface area contributed by atoms with Crippen molar-refractivity contribution in [2.45, 2.75) is 12.6 Å². The number of nitrogens with one attached hydrogen (secondary N) is 1. The van der Waals surface area contributed by atoms with E-state index in [0.29, 0.717) is 6.04 Å². The van der Waals surface area contributed by atoms with E-state index < -0.39 is 0 Å². The highest BCUT2D eigenvalue weighted by Crippen LogP contribution is 2.21. The average molecular weight is 257 g/mol. The van der Waals surface area contributed by atoms with Gasteiger partial charge in [-0.2, -0.15) is 5.10 Å². The minimum Gasteiger partial charge on any atom is -0.314 e. The molecule has 1 saturated heterocycles. The number of rotatable bonds is 4. The van der Waals surface area contributed by atoms with Crippen molar-refractivity contribution in [2.24, 2.45) is 0 Å². The Hall–Kier alpha value is -1.72. The molecule has 5 nitrogen and oxygen atoms in total. The van der Waals surface area contributed by atoms with Crippen LogP contribution in [-0.4, -0.2) is 45.8 Å². The van der Waals surface area contributed by atoms with Gasteiger partial charge >= 0.3 is 0 Å². The molecule has 0 aliphatic carbocycles. The fourth-order valence-corrected chi connectivity index (χ4v) is 2.60. The van der Waals surface area contributed by atoms with Crippen LogP contribution in [0.4, 0.5) is 0 Å². The van der Waals surface area contributed by atoms with Crippen LogP contribution in [0.25, 0.3) is 0 Å². The summed E-state index contributed by atoms with van der Waals surface area (Å²) in [7, 11) is 0. The molecule has 5 heteroatoms. The molecule has 100 valence electrons. The largest absolute Gasteiger partial charge is 0.314 e. The van der Waals surface area contributed by atoms with Crippen molar-refractivity contribution in [3.8, 4) is 0 Å². The third kappa shape index (κ3) is 3.00.